The molecule has 4 heterocycles. The summed E-state index contributed by atoms with van der Waals surface area (Å²) in [5.74, 6) is 0.682. The molecule has 6 N–H and O–H groups in total. The van der Waals surface area contributed by atoms with Crippen molar-refractivity contribution in [3.05, 3.63) is 143 Å². The summed E-state index contributed by atoms with van der Waals surface area (Å²) in [7, 11) is 0. The predicted octanol–water partition coefficient (Wildman–Crippen LogP) is 9.40. The molecule has 66 heavy (non-hydrogen) atoms. The number of nitrogens with one attached hydrogen (secondary N) is 4. The summed E-state index contributed by atoms with van der Waals surface area (Å²) in [6.45, 7) is 5.86. The van der Waals surface area contributed by atoms with Gasteiger partial charge in [-0.2, -0.15) is 0 Å². The number of aryl methyl sites for hydroxylation is 2. The van der Waals surface area contributed by atoms with Gasteiger partial charge in [-0.3, -0.25) is 30.0 Å². The maximum Gasteiger partial charge on any atom is 0.411 e. The second-order valence-corrected chi connectivity index (χ2v) is 17.6. The fourth-order valence-electron chi connectivity index (χ4n) is 10.1. The van der Waals surface area contributed by atoms with E-state index in [4.69, 9.17) is 9.97 Å². The van der Waals surface area contributed by atoms with Gasteiger partial charge in [0, 0.05) is 30.5 Å². The van der Waals surface area contributed by atoms with E-state index in [0.717, 1.165) is 108 Å². The minimum absolute atomic E-state index is 0.0240. The summed E-state index contributed by atoms with van der Waals surface area (Å²) >= 11 is 0. The van der Waals surface area contributed by atoms with Crippen molar-refractivity contribution in [1.29, 1.82) is 0 Å². The largest absolute Gasteiger partial charge is 0.465 e. The van der Waals surface area contributed by atoms with Crippen LogP contribution in [0.25, 0.3) is 33.6 Å². The third kappa shape index (κ3) is 11.0. The Hall–Kier alpha value is -6.90. The molecule has 4 amide bonds. The molecule has 0 spiro atoms. The molecule has 0 saturated carbocycles. The number of carbonyl (C=O) groups is 4. The van der Waals surface area contributed by atoms with Crippen LogP contribution in [0.15, 0.2) is 109 Å². The first-order valence-electron chi connectivity index (χ1n) is 23.0. The highest BCUT2D eigenvalue weighted by molar-refractivity contribution is 5.91. The number of aromatic amines is 2. The molecule has 4 atom stereocenters. The predicted molar refractivity (Wildman–Crippen MR) is 253 cm³/mol. The van der Waals surface area contributed by atoms with Gasteiger partial charge >= 0.3 is 12.2 Å². The van der Waals surface area contributed by atoms with Crippen molar-refractivity contribution in [3.63, 3.8) is 0 Å². The maximum absolute atomic E-state index is 12.7. The summed E-state index contributed by atoms with van der Waals surface area (Å²) in [6.07, 6.45) is 7.88. The van der Waals surface area contributed by atoms with Crippen LogP contribution < -0.4 is 10.6 Å². The van der Waals surface area contributed by atoms with Gasteiger partial charge in [0.25, 0.3) is 0 Å². The Kier molecular flexibility index (Phi) is 14.5. The number of amides is 4. The first-order valence-corrected chi connectivity index (χ1v) is 23.0. The number of likely N-dealkylation sites (tertiary alicyclic amines) is 2. The number of imidazole rings is 2. The highest BCUT2D eigenvalue weighted by Gasteiger charge is 2.36. The molecule has 2 aromatic heterocycles. The van der Waals surface area contributed by atoms with Crippen LogP contribution in [0.1, 0.15) is 97.4 Å². The fraction of sp³-hybridized carbons (Fsp3) is 0.346. The van der Waals surface area contributed by atoms with E-state index < -0.39 is 24.0 Å². The van der Waals surface area contributed by atoms with Crippen LogP contribution in [0, 0.1) is 13.8 Å². The summed E-state index contributed by atoms with van der Waals surface area (Å²) in [4.78, 5) is 69.6. The third-order valence-electron chi connectivity index (χ3n) is 13.5. The van der Waals surface area contributed by atoms with Crippen LogP contribution in [0.5, 0.6) is 0 Å². The molecule has 2 saturated heterocycles. The van der Waals surface area contributed by atoms with Crippen molar-refractivity contribution in [2.24, 2.45) is 0 Å². The molecule has 0 bridgehead atoms. The molecule has 342 valence electrons. The molecule has 8 rings (SSSR count). The Morgan fingerprint density at radius 3 is 1.55 bits per heavy atom. The molecule has 2 aliphatic heterocycles. The normalized spacial score (nSPS) is 17.4. The van der Waals surface area contributed by atoms with Crippen molar-refractivity contribution in [2.75, 3.05) is 13.1 Å². The van der Waals surface area contributed by atoms with E-state index in [1.807, 2.05) is 59.4 Å². The lowest BCUT2D eigenvalue weighted by Gasteiger charge is -2.32. The minimum atomic E-state index is -1.34. The van der Waals surface area contributed by atoms with Crippen LogP contribution in [0.3, 0.4) is 0 Å². The molecule has 6 aromatic rings. The number of nitrogens with zero attached hydrogens (tertiary/aromatic N) is 4. The summed E-state index contributed by atoms with van der Waals surface area (Å²) in [5, 5.41) is 22.5. The Bertz CT molecular complexity index is 2630. The minimum Gasteiger partial charge on any atom is -0.465 e. The quantitative estimate of drug-likeness (QED) is 0.0513. The molecule has 4 aromatic carbocycles. The van der Waals surface area contributed by atoms with Gasteiger partial charge in [-0.05, 0) is 117 Å². The summed E-state index contributed by atoms with van der Waals surface area (Å²) < 4.78 is 0. The van der Waals surface area contributed by atoms with Crippen molar-refractivity contribution < 1.29 is 29.4 Å². The second kappa shape index (κ2) is 20.9. The van der Waals surface area contributed by atoms with Crippen molar-refractivity contribution in [2.45, 2.75) is 102 Å². The Morgan fingerprint density at radius 2 is 1.05 bits per heavy atom. The molecule has 0 radical (unpaired) electrons. The first kappa shape index (κ1) is 45.7. The van der Waals surface area contributed by atoms with Gasteiger partial charge in [0.15, 0.2) is 0 Å². The summed E-state index contributed by atoms with van der Waals surface area (Å²) in [5.41, 5.74) is 10.8. The summed E-state index contributed by atoms with van der Waals surface area (Å²) in [6, 6.07) is 32.7. The van der Waals surface area contributed by atoms with Crippen LogP contribution in [0.4, 0.5) is 9.59 Å². The van der Waals surface area contributed by atoms with E-state index in [-0.39, 0.29) is 37.0 Å². The van der Waals surface area contributed by atoms with Gasteiger partial charge in [-0.1, -0.05) is 97.1 Å². The van der Waals surface area contributed by atoms with Gasteiger partial charge in [0.05, 0.1) is 35.9 Å². The Balaban J connectivity index is 0.951. The molecule has 2 fully saturated rings. The lowest BCUT2D eigenvalue weighted by atomic mass is 9.92. The van der Waals surface area contributed by atoms with Crippen molar-refractivity contribution >= 4 is 24.0 Å². The van der Waals surface area contributed by atoms with Crippen LogP contribution in [-0.2, 0) is 22.4 Å². The van der Waals surface area contributed by atoms with E-state index in [9.17, 15) is 29.4 Å². The zero-order valence-corrected chi connectivity index (χ0v) is 37.5. The van der Waals surface area contributed by atoms with E-state index in [2.05, 4.69) is 94.3 Å². The maximum atomic E-state index is 12.7. The molecule has 0 aliphatic carbocycles. The fourth-order valence-corrected chi connectivity index (χ4v) is 10.1. The van der Waals surface area contributed by atoms with Crippen LogP contribution in [0.2, 0.25) is 0 Å². The number of imide groups is 2. The number of aromatic nitrogens is 4. The van der Waals surface area contributed by atoms with E-state index in [1.54, 1.807) is 0 Å². The average Bonchev–Trinajstić information content (AvgIpc) is 4.16. The zero-order valence-electron chi connectivity index (χ0n) is 37.5. The average molecular weight is 891 g/mol. The molecule has 14 heteroatoms. The standard InChI is InChI=1S/C52H58N8O6/c1-33-34(2)42(44-32-54-50(56-44)46-16-10-28-60(46)40(30-48(62)58-52(65)66)24-18-36-13-7-4-8-14-36)26-25-41(33)37-19-21-38(22-20-37)43-31-53-49(55-43)45-15-9-27-59(45)39(29-47(61)57-51(63)64)23-17-35-11-5-3-6-12-35/h3-8,11-14,19-22,25-26,31-32,39-40,45-46H,9-10,15-18,23-24,27-30H2,1-2H3,(H,53,55)(H,54,56)(H,57,61)(H,58,62)(H,63,64)(H,65,66)/t39-,40-,45+,46+/m1/s1. The SMILES string of the molecule is Cc1c(-c2ccc(-c3cnc([C@@H]4CCCN4[C@H](CCc4ccccc4)CC(=O)NC(=O)O)[nH]3)cc2)ccc(-c2cnc([C@@H]3CCCN3[C@H](CCc3ccccc3)CC(=O)NC(=O)O)[nH]2)c1C. The number of carbonyl (C=O) groups excluding carboxylic acids is 2. The van der Waals surface area contributed by atoms with Crippen molar-refractivity contribution in [1.82, 2.24) is 40.4 Å². The lowest BCUT2D eigenvalue weighted by molar-refractivity contribution is -0.122. The monoisotopic (exact) mass is 890 g/mol. The number of hydrogen-bond donors (Lipinski definition) is 6. The molecule has 0 unspecified atom stereocenters. The number of carboxylic acid groups (broad SMARTS) is 2. The topological polar surface area (TPSA) is 197 Å². The van der Waals surface area contributed by atoms with Crippen molar-refractivity contribution in [3.8, 4) is 33.6 Å². The Morgan fingerprint density at radius 1 is 0.606 bits per heavy atom. The highest BCUT2D eigenvalue weighted by atomic mass is 16.4. The number of rotatable bonds is 17. The highest BCUT2D eigenvalue weighted by Crippen LogP contribution is 2.39. The van der Waals surface area contributed by atoms with E-state index >= 15 is 0 Å². The first-order chi connectivity index (χ1) is 32.0. The second-order valence-electron chi connectivity index (χ2n) is 17.6. The number of hydrogen-bond acceptors (Lipinski definition) is 8. The lowest BCUT2D eigenvalue weighted by Crippen LogP contribution is -2.41. The smallest absolute Gasteiger partial charge is 0.411 e. The number of benzene rings is 4. The molecular formula is C52H58N8O6. The van der Waals surface area contributed by atoms with Gasteiger partial charge in [-0.25, -0.2) is 19.6 Å². The zero-order chi connectivity index (χ0) is 46.2. The molecular weight excluding hydrogens is 833 g/mol. The van der Waals surface area contributed by atoms with E-state index in [1.165, 1.54) is 11.1 Å². The number of H-pyrrole nitrogens is 2. The van der Waals surface area contributed by atoms with E-state index in [0.29, 0.717) is 12.8 Å². The molecule has 2 aliphatic rings. The van der Waals surface area contributed by atoms with Crippen LogP contribution in [-0.4, -0.2) is 89.1 Å². The molecule has 14 nitrogen and oxygen atoms in total. The van der Waals surface area contributed by atoms with Gasteiger partial charge in [0.2, 0.25) is 11.8 Å². The third-order valence-corrected chi connectivity index (χ3v) is 13.5. The van der Waals surface area contributed by atoms with Gasteiger partial charge in [-0.15, -0.1) is 0 Å². The Labute approximate surface area is 384 Å². The van der Waals surface area contributed by atoms with Gasteiger partial charge in [0.1, 0.15) is 11.6 Å². The van der Waals surface area contributed by atoms with Gasteiger partial charge < -0.3 is 20.2 Å². The van der Waals surface area contributed by atoms with Crippen LogP contribution >= 0.6 is 0 Å².